The van der Waals surface area contributed by atoms with Crippen molar-refractivity contribution in [3.8, 4) is 0 Å². The normalized spacial score (nSPS) is 12.2. The van der Waals surface area contributed by atoms with Gasteiger partial charge in [-0.1, -0.05) is 155 Å². The maximum Gasteiger partial charge on any atom is 0.306 e. The highest BCUT2D eigenvalue weighted by Crippen LogP contribution is 2.15. The number of esters is 1. The van der Waals surface area contributed by atoms with E-state index in [1.807, 2.05) is 0 Å². The molecule has 0 aliphatic carbocycles. The molecule has 4 nitrogen and oxygen atoms in total. The van der Waals surface area contributed by atoms with Crippen LogP contribution < -0.4 is 0 Å². The highest BCUT2D eigenvalue weighted by Gasteiger charge is 2.13. The lowest BCUT2D eigenvalue weighted by molar-refractivity contribution is -0.154. The lowest BCUT2D eigenvalue weighted by Crippen LogP contribution is -2.27. The lowest BCUT2D eigenvalue weighted by atomic mass is 10.0. The Balaban J connectivity index is 3.26. The number of rotatable bonds is 30. The third-order valence-electron chi connectivity index (χ3n) is 7.18. The molecule has 216 valence electrons. The maximum atomic E-state index is 11.8. The first-order valence-electron chi connectivity index (χ1n) is 16.1. The van der Waals surface area contributed by atoms with Crippen LogP contribution in [0.5, 0.6) is 0 Å². The van der Waals surface area contributed by atoms with Gasteiger partial charge >= 0.3 is 5.97 Å². The number of hydrogen-bond acceptors (Lipinski definition) is 4. The van der Waals surface area contributed by atoms with Gasteiger partial charge in [-0.3, -0.25) is 4.79 Å². The molecule has 0 saturated heterocycles. The van der Waals surface area contributed by atoms with Crippen molar-refractivity contribution in [3.05, 3.63) is 0 Å². The van der Waals surface area contributed by atoms with Gasteiger partial charge in [0.05, 0.1) is 13.2 Å². The Kier molecular flexibility index (Phi) is 30.1. The van der Waals surface area contributed by atoms with E-state index in [1.165, 1.54) is 122 Å². The summed E-state index contributed by atoms with van der Waals surface area (Å²) in [5, 5.41) is 9.40. The molecule has 36 heavy (non-hydrogen) atoms. The fraction of sp³-hybridized carbons (Fsp3) is 0.969. The number of hydrogen-bond donors (Lipinski definition) is 1. The number of unbranched alkanes of at least 4 members (excludes halogenated alkanes) is 22. The van der Waals surface area contributed by atoms with Gasteiger partial charge in [0.1, 0.15) is 6.10 Å². The second-order valence-corrected chi connectivity index (χ2v) is 10.9. The summed E-state index contributed by atoms with van der Waals surface area (Å²) in [6.07, 6.45) is 31.8. The van der Waals surface area contributed by atoms with Gasteiger partial charge in [0.25, 0.3) is 0 Å². The summed E-state index contributed by atoms with van der Waals surface area (Å²) in [6, 6.07) is 0. The van der Waals surface area contributed by atoms with Crippen molar-refractivity contribution >= 4 is 5.97 Å². The summed E-state index contributed by atoms with van der Waals surface area (Å²) < 4.78 is 10.9. The number of aliphatic hydroxyl groups is 1. The molecule has 0 aliphatic heterocycles. The van der Waals surface area contributed by atoms with E-state index in [0.29, 0.717) is 19.6 Å². The average Bonchev–Trinajstić information content (AvgIpc) is 2.88. The van der Waals surface area contributed by atoms with Gasteiger partial charge in [-0.05, 0) is 12.8 Å². The largest absolute Gasteiger partial charge is 0.457 e. The van der Waals surface area contributed by atoms with E-state index in [9.17, 15) is 9.90 Å². The first-order valence-corrected chi connectivity index (χ1v) is 16.1. The Morgan fingerprint density at radius 3 is 1.31 bits per heavy atom. The predicted molar refractivity (Wildman–Crippen MR) is 155 cm³/mol. The molecule has 0 aliphatic rings. The molecule has 1 atom stereocenters. The van der Waals surface area contributed by atoms with Crippen molar-refractivity contribution in [1.82, 2.24) is 0 Å². The highest BCUT2D eigenvalue weighted by atomic mass is 16.6. The number of aliphatic hydroxyl groups excluding tert-OH is 1. The van der Waals surface area contributed by atoms with Crippen molar-refractivity contribution in [2.75, 3.05) is 19.8 Å². The Hall–Kier alpha value is -0.610. The van der Waals surface area contributed by atoms with Gasteiger partial charge in [-0.25, -0.2) is 0 Å². The van der Waals surface area contributed by atoms with Crippen molar-refractivity contribution in [1.29, 1.82) is 0 Å². The van der Waals surface area contributed by atoms with Gasteiger partial charge in [-0.15, -0.1) is 0 Å². The number of carbonyl (C=O) groups is 1. The average molecular weight is 513 g/mol. The van der Waals surface area contributed by atoms with Gasteiger partial charge in [0.2, 0.25) is 0 Å². The zero-order chi connectivity index (χ0) is 26.4. The van der Waals surface area contributed by atoms with Gasteiger partial charge in [0.15, 0.2) is 0 Å². The molecule has 0 aromatic rings. The van der Waals surface area contributed by atoms with Gasteiger partial charge < -0.3 is 14.6 Å². The van der Waals surface area contributed by atoms with E-state index in [-0.39, 0.29) is 12.6 Å². The van der Waals surface area contributed by atoms with Crippen LogP contribution in [0.25, 0.3) is 0 Å². The van der Waals surface area contributed by atoms with Crippen LogP contribution >= 0.6 is 0 Å². The van der Waals surface area contributed by atoms with Crippen LogP contribution in [0.3, 0.4) is 0 Å². The Labute approximate surface area is 225 Å². The first-order chi connectivity index (χ1) is 17.7. The third kappa shape index (κ3) is 28.0. The van der Waals surface area contributed by atoms with Crippen molar-refractivity contribution in [3.63, 3.8) is 0 Å². The van der Waals surface area contributed by atoms with Gasteiger partial charge in [0, 0.05) is 13.0 Å². The Morgan fingerprint density at radius 1 is 0.556 bits per heavy atom. The van der Waals surface area contributed by atoms with Crippen molar-refractivity contribution < 1.29 is 19.4 Å². The van der Waals surface area contributed by atoms with Gasteiger partial charge in [-0.2, -0.15) is 0 Å². The minimum absolute atomic E-state index is 0.167. The predicted octanol–water partition coefficient (Wildman–Crippen LogP) is 9.70. The van der Waals surface area contributed by atoms with E-state index < -0.39 is 6.10 Å². The molecule has 0 radical (unpaired) electrons. The van der Waals surface area contributed by atoms with Crippen LogP contribution in [-0.4, -0.2) is 37.0 Å². The van der Waals surface area contributed by atoms with Crippen LogP contribution in [0.1, 0.15) is 174 Å². The molecule has 0 fully saturated rings. The molecule has 1 unspecified atom stereocenters. The second-order valence-electron chi connectivity index (χ2n) is 10.9. The molecular weight excluding hydrogens is 448 g/mol. The quantitative estimate of drug-likeness (QED) is 0.0768. The number of carbonyl (C=O) groups excluding carboxylic acids is 1. The zero-order valence-electron chi connectivity index (χ0n) is 24.5. The van der Waals surface area contributed by atoms with Crippen LogP contribution in [0.2, 0.25) is 0 Å². The fourth-order valence-electron chi connectivity index (χ4n) is 4.74. The SMILES string of the molecule is CCCCCCCCCCCCCCCCCCCCCCOCC(CO)OC(=O)CCCCCC. The summed E-state index contributed by atoms with van der Waals surface area (Å²) in [5.41, 5.74) is 0. The molecule has 0 saturated carbocycles. The van der Waals surface area contributed by atoms with Crippen LogP contribution in [0.4, 0.5) is 0 Å². The molecule has 4 heteroatoms. The van der Waals surface area contributed by atoms with E-state index in [1.54, 1.807) is 0 Å². The maximum absolute atomic E-state index is 11.8. The van der Waals surface area contributed by atoms with E-state index in [4.69, 9.17) is 9.47 Å². The summed E-state index contributed by atoms with van der Waals surface area (Å²) in [7, 11) is 0. The zero-order valence-corrected chi connectivity index (χ0v) is 24.5. The highest BCUT2D eigenvalue weighted by molar-refractivity contribution is 5.69. The summed E-state index contributed by atoms with van der Waals surface area (Å²) in [5.74, 6) is -0.215. The minimum atomic E-state index is -0.520. The molecule has 0 heterocycles. The number of ether oxygens (including phenoxy) is 2. The van der Waals surface area contributed by atoms with Crippen molar-refractivity contribution in [2.24, 2.45) is 0 Å². The molecule has 0 spiro atoms. The van der Waals surface area contributed by atoms with Crippen LogP contribution in [-0.2, 0) is 14.3 Å². The van der Waals surface area contributed by atoms with Crippen LogP contribution in [0.15, 0.2) is 0 Å². The summed E-state index contributed by atoms with van der Waals surface area (Å²) in [4.78, 5) is 11.8. The third-order valence-corrected chi connectivity index (χ3v) is 7.18. The fourth-order valence-corrected chi connectivity index (χ4v) is 4.74. The molecule has 0 aromatic heterocycles. The monoisotopic (exact) mass is 512 g/mol. The smallest absolute Gasteiger partial charge is 0.306 e. The molecule has 1 N–H and O–H groups in total. The standard InChI is InChI=1S/C32H64O4/c1-3-5-7-9-10-11-12-13-14-15-16-17-18-19-20-21-22-23-24-26-28-35-30-31(29-33)36-32(34)27-25-8-6-4-2/h31,33H,3-30H2,1-2H3. The van der Waals surface area contributed by atoms with E-state index >= 15 is 0 Å². The first kappa shape index (κ1) is 35.4. The lowest BCUT2D eigenvalue weighted by Gasteiger charge is -2.15. The summed E-state index contributed by atoms with van der Waals surface area (Å²) >= 11 is 0. The molecule has 0 bridgehead atoms. The minimum Gasteiger partial charge on any atom is -0.457 e. The second kappa shape index (κ2) is 30.6. The summed E-state index contributed by atoms with van der Waals surface area (Å²) in [6.45, 7) is 5.26. The molecule has 0 amide bonds. The van der Waals surface area contributed by atoms with E-state index in [2.05, 4.69) is 13.8 Å². The van der Waals surface area contributed by atoms with E-state index in [0.717, 1.165) is 32.1 Å². The Morgan fingerprint density at radius 2 is 0.917 bits per heavy atom. The molecule has 0 rings (SSSR count). The van der Waals surface area contributed by atoms with Crippen LogP contribution in [0, 0.1) is 0 Å². The topological polar surface area (TPSA) is 55.8 Å². The Bertz CT molecular complexity index is 426. The molecule has 0 aromatic carbocycles. The van der Waals surface area contributed by atoms with Crippen molar-refractivity contribution in [2.45, 2.75) is 180 Å². The molecular formula is C32H64O4.